The van der Waals surface area contributed by atoms with Gasteiger partial charge in [0, 0.05) is 25.3 Å². The zero-order valence-corrected chi connectivity index (χ0v) is 19.4. The van der Waals surface area contributed by atoms with E-state index in [9.17, 15) is 9.67 Å². The summed E-state index contributed by atoms with van der Waals surface area (Å²) in [5.74, 6) is -0.747. The van der Waals surface area contributed by atoms with Gasteiger partial charge in [-0.1, -0.05) is 80.6 Å². The monoisotopic (exact) mass is 429 g/mol. The van der Waals surface area contributed by atoms with E-state index >= 15 is 0 Å². The van der Waals surface area contributed by atoms with Crippen LogP contribution in [0.4, 0.5) is 0 Å². The molecule has 2 aromatic carbocycles. The van der Waals surface area contributed by atoms with E-state index in [0.717, 1.165) is 17.5 Å². The largest absolute Gasteiger partial charge is 0.381 e. The van der Waals surface area contributed by atoms with Gasteiger partial charge in [-0.25, -0.2) is 0 Å². The van der Waals surface area contributed by atoms with E-state index in [2.05, 4.69) is 49.6 Å². The van der Waals surface area contributed by atoms with E-state index < -0.39 is 13.2 Å². The minimum atomic E-state index is -3.29. The molecule has 5 heteroatoms. The van der Waals surface area contributed by atoms with Gasteiger partial charge < -0.3 is 9.63 Å². The minimum Gasteiger partial charge on any atom is -0.381 e. The molecular weight excluding hydrogens is 393 g/mol. The smallest absolute Gasteiger partial charge is 0.235 e. The van der Waals surface area contributed by atoms with Gasteiger partial charge in [-0.15, -0.1) is 6.58 Å². The van der Waals surface area contributed by atoms with E-state index in [1.807, 2.05) is 43.3 Å². The minimum absolute atomic E-state index is 0.168. The molecule has 2 rings (SSSR count). The van der Waals surface area contributed by atoms with Gasteiger partial charge in [0.15, 0.2) is 0 Å². The second-order valence-electron chi connectivity index (χ2n) is 8.10. The van der Waals surface area contributed by atoms with Crippen LogP contribution in [-0.4, -0.2) is 34.7 Å². The van der Waals surface area contributed by atoms with Crippen molar-refractivity contribution < 1.29 is 14.2 Å². The lowest BCUT2D eigenvalue weighted by molar-refractivity contribution is 0.0611. The van der Waals surface area contributed by atoms with Crippen molar-refractivity contribution in [3.63, 3.8) is 0 Å². The number of allylic oxidation sites excluding steroid dienone is 1. The summed E-state index contributed by atoms with van der Waals surface area (Å²) in [6.07, 6.45) is 2.47. The van der Waals surface area contributed by atoms with Gasteiger partial charge in [0.1, 0.15) is 5.85 Å². The van der Waals surface area contributed by atoms with Gasteiger partial charge in [0.05, 0.1) is 6.61 Å². The molecule has 0 saturated carbocycles. The van der Waals surface area contributed by atoms with E-state index in [1.54, 1.807) is 6.08 Å². The Morgan fingerprint density at radius 3 is 1.93 bits per heavy atom. The molecule has 2 aromatic rings. The predicted molar refractivity (Wildman–Crippen MR) is 126 cm³/mol. The average molecular weight is 430 g/mol. The topological polar surface area (TPSA) is 49.8 Å². The van der Waals surface area contributed by atoms with Gasteiger partial charge in [-0.05, 0) is 30.4 Å². The van der Waals surface area contributed by atoms with Crippen LogP contribution in [0.15, 0.2) is 73.3 Å². The van der Waals surface area contributed by atoms with Crippen molar-refractivity contribution >= 4 is 7.37 Å². The molecule has 0 bridgehead atoms. The highest BCUT2D eigenvalue weighted by Gasteiger charge is 2.40. The summed E-state index contributed by atoms with van der Waals surface area (Å²) in [5, 5.41) is 11.4. The third-order valence-electron chi connectivity index (χ3n) is 5.12. The molecule has 0 radical (unpaired) electrons. The summed E-state index contributed by atoms with van der Waals surface area (Å²) in [7, 11) is -3.29. The van der Waals surface area contributed by atoms with E-state index in [-0.39, 0.29) is 12.2 Å². The SMILES string of the molecule is C=CCP(=O)(OCC)[C@H](O)[C@H](CC(C)C)N(Cc1ccccc1)Cc1ccccc1. The second-order valence-corrected chi connectivity index (χ2v) is 10.7. The van der Waals surface area contributed by atoms with Crippen LogP contribution in [0.1, 0.15) is 38.3 Å². The van der Waals surface area contributed by atoms with Crippen molar-refractivity contribution in [2.24, 2.45) is 5.92 Å². The molecule has 0 amide bonds. The van der Waals surface area contributed by atoms with Gasteiger partial charge >= 0.3 is 0 Å². The number of aliphatic hydroxyl groups excluding tert-OH is 1. The third kappa shape index (κ3) is 7.21. The molecular formula is C25H36NO3P. The summed E-state index contributed by atoms with van der Waals surface area (Å²) in [6.45, 7) is 11.4. The van der Waals surface area contributed by atoms with Gasteiger partial charge in [-0.2, -0.15) is 0 Å². The van der Waals surface area contributed by atoms with Gasteiger partial charge in [-0.3, -0.25) is 9.46 Å². The van der Waals surface area contributed by atoms with Crippen LogP contribution in [0.2, 0.25) is 0 Å². The number of rotatable bonds is 13. The molecule has 30 heavy (non-hydrogen) atoms. The molecule has 4 nitrogen and oxygen atoms in total. The summed E-state index contributed by atoms with van der Waals surface area (Å²) in [5.41, 5.74) is 2.31. The maximum absolute atomic E-state index is 13.6. The molecule has 0 aliphatic carbocycles. The third-order valence-corrected chi connectivity index (χ3v) is 7.73. The Bertz CT molecular complexity index is 753. The molecule has 0 heterocycles. The van der Waals surface area contributed by atoms with Crippen LogP contribution in [0, 0.1) is 5.92 Å². The van der Waals surface area contributed by atoms with Gasteiger partial charge in [0.2, 0.25) is 7.37 Å². The first-order valence-corrected chi connectivity index (χ1v) is 12.6. The van der Waals surface area contributed by atoms with Crippen molar-refractivity contribution in [1.29, 1.82) is 0 Å². The standard InChI is InChI=1S/C25H36NO3P/c1-5-17-30(28,29-6-2)25(27)24(18-21(3)4)26(19-22-13-9-7-10-14-22)20-23-15-11-8-12-16-23/h5,7-16,21,24-25,27H,1,6,17-20H2,2-4H3/t24-,25-,30?/m0/s1. The molecule has 0 saturated heterocycles. The van der Waals surface area contributed by atoms with E-state index in [1.165, 1.54) is 0 Å². The number of hydrogen-bond donors (Lipinski definition) is 1. The lowest BCUT2D eigenvalue weighted by Crippen LogP contribution is -2.44. The zero-order valence-electron chi connectivity index (χ0n) is 18.5. The van der Waals surface area contributed by atoms with Crippen molar-refractivity contribution in [3.05, 3.63) is 84.4 Å². The summed E-state index contributed by atoms with van der Waals surface area (Å²) in [6, 6.07) is 20.1. The molecule has 0 aliphatic rings. The Hall–Kier alpha value is -1.71. The second kappa shape index (κ2) is 12.2. The maximum atomic E-state index is 13.6. The van der Waals surface area contributed by atoms with Gasteiger partial charge in [0.25, 0.3) is 0 Å². The fraction of sp³-hybridized carbons (Fsp3) is 0.440. The first kappa shape index (κ1) is 24.6. The molecule has 3 atom stereocenters. The zero-order chi connectivity index (χ0) is 22.0. The lowest BCUT2D eigenvalue weighted by atomic mass is 10.0. The number of benzene rings is 2. The van der Waals surface area contributed by atoms with Crippen LogP contribution < -0.4 is 0 Å². The molecule has 164 valence electrons. The van der Waals surface area contributed by atoms with Crippen LogP contribution in [0.3, 0.4) is 0 Å². The Morgan fingerprint density at radius 2 is 1.53 bits per heavy atom. The maximum Gasteiger partial charge on any atom is 0.235 e. The highest BCUT2D eigenvalue weighted by Crippen LogP contribution is 2.53. The molecule has 0 fully saturated rings. The quantitative estimate of drug-likeness (QED) is 0.317. The average Bonchev–Trinajstić information content (AvgIpc) is 2.73. The molecule has 0 aliphatic heterocycles. The molecule has 0 aromatic heterocycles. The molecule has 1 unspecified atom stereocenters. The number of hydrogen-bond acceptors (Lipinski definition) is 4. The van der Waals surface area contributed by atoms with E-state index in [0.29, 0.717) is 25.6 Å². The number of nitrogens with zero attached hydrogens (tertiary/aromatic N) is 1. The first-order valence-electron chi connectivity index (χ1n) is 10.7. The predicted octanol–water partition coefficient (Wildman–Crippen LogP) is 5.92. The number of aliphatic hydroxyl groups is 1. The normalized spacial score (nSPS) is 15.7. The Balaban J connectivity index is 2.42. The Morgan fingerprint density at radius 1 is 1.03 bits per heavy atom. The van der Waals surface area contributed by atoms with Crippen molar-refractivity contribution in [1.82, 2.24) is 4.90 Å². The highest BCUT2D eigenvalue weighted by atomic mass is 31.2. The Kier molecular flexibility index (Phi) is 10.0. The van der Waals surface area contributed by atoms with Crippen LogP contribution >= 0.6 is 7.37 Å². The molecule has 0 spiro atoms. The first-order chi connectivity index (χ1) is 14.4. The van der Waals surface area contributed by atoms with Crippen molar-refractivity contribution in [3.8, 4) is 0 Å². The fourth-order valence-corrected chi connectivity index (χ4v) is 5.87. The van der Waals surface area contributed by atoms with Crippen LogP contribution in [-0.2, 0) is 22.2 Å². The van der Waals surface area contributed by atoms with Crippen molar-refractivity contribution in [2.45, 2.75) is 52.2 Å². The summed E-state index contributed by atoms with van der Waals surface area (Å²) in [4.78, 5) is 2.24. The van der Waals surface area contributed by atoms with Crippen molar-refractivity contribution in [2.75, 3.05) is 12.8 Å². The van der Waals surface area contributed by atoms with E-state index in [4.69, 9.17) is 4.52 Å². The fourth-order valence-electron chi connectivity index (χ4n) is 3.77. The summed E-state index contributed by atoms with van der Waals surface area (Å²) < 4.78 is 19.2. The van der Waals surface area contributed by atoms with Crippen LogP contribution in [0.25, 0.3) is 0 Å². The highest BCUT2D eigenvalue weighted by molar-refractivity contribution is 7.59. The summed E-state index contributed by atoms with van der Waals surface area (Å²) >= 11 is 0. The lowest BCUT2D eigenvalue weighted by Gasteiger charge is -2.38. The van der Waals surface area contributed by atoms with Crippen LogP contribution in [0.5, 0.6) is 0 Å². The molecule has 1 N–H and O–H groups in total. The Labute approximate surface area is 182 Å².